The molecule has 0 aliphatic carbocycles. The summed E-state index contributed by atoms with van der Waals surface area (Å²) in [7, 11) is 10.4. The number of aryl methyl sites for hydroxylation is 1. The molecule has 0 radical (unpaired) electrons. The van der Waals surface area contributed by atoms with Crippen LogP contribution in [0.25, 0.3) is 33.0 Å². The van der Waals surface area contributed by atoms with Gasteiger partial charge in [-0.15, -0.1) is 0 Å². The highest BCUT2D eigenvalue weighted by Crippen LogP contribution is 2.37. The number of nitrogens with one attached hydrogen (secondary N) is 2. The molecule has 0 aliphatic rings. The molecule has 0 aliphatic heterocycles. The molecular formula is C30H42IN5O3. The fraction of sp³-hybridized carbons (Fsp3) is 0.467. The summed E-state index contributed by atoms with van der Waals surface area (Å²) in [4.78, 5) is 16.6. The predicted molar refractivity (Wildman–Crippen MR) is 155 cm³/mol. The number of hydrogen-bond donors (Lipinski definition) is 2. The van der Waals surface area contributed by atoms with Gasteiger partial charge in [0.25, 0.3) is 11.4 Å². The lowest BCUT2D eigenvalue weighted by Gasteiger charge is -2.11. The number of carbonyl (C=O) groups is 1. The molecule has 212 valence electrons. The number of halogens is 1. The van der Waals surface area contributed by atoms with Crippen LogP contribution in [0.5, 0.6) is 5.75 Å². The highest BCUT2D eigenvalue weighted by Gasteiger charge is 2.24. The van der Waals surface area contributed by atoms with E-state index in [0.717, 1.165) is 84.0 Å². The van der Waals surface area contributed by atoms with Crippen LogP contribution in [-0.4, -0.2) is 76.7 Å². The Hall–Kier alpha value is -2.63. The Morgan fingerprint density at radius 2 is 1.62 bits per heavy atom. The minimum absolute atomic E-state index is 0. The number of fused-ring (bicyclic) bond motifs is 4. The maximum atomic E-state index is 12.3. The molecule has 2 aromatic carbocycles. The molecule has 9 heteroatoms. The van der Waals surface area contributed by atoms with Crippen LogP contribution in [-0.2, 0) is 11.8 Å². The van der Waals surface area contributed by atoms with Crippen LogP contribution in [0.15, 0.2) is 46.9 Å². The van der Waals surface area contributed by atoms with E-state index in [0.29, 0.717) is 12.3 Å². The van der Waals surface area contributed by atoms with E-state index in [4.69, 9.17) is 9.15 Å². The molecule has 8 nitrogen and oxygen atoms in total. The quantitative estimate of drug-likeness (QED) is 0.122. The number of rotatable bonds is 14. The third kappa shape index (κ3) is 7.95. The lowest BCUT2D eigenvalue weighted by Crippen LogP contribution is -3.00. The minimum atomic E-state index is -0.107. The number of benzene rings is 2. The van der Waals surface area contributed by atoms with Crippen molar-refractivity contribution in [3.8, 4) is 5.75 Å². The Labute approximate surface area is 248 Å². The van der Waals surface area contributed by atoms with E-state index < -0.39 is 0 Å². The second-order valence-corrected chi connectivity index (χ2v) is 10.5. The molecule has 39 heavy (non-hydrogen) atoms. The van der Waals surface area contributed by atoms with Crippen molar-refractivity contribution in [2.75, 3.05) is 66.3 Å². The van der Waals surface area contributed by atoms with Crippen molar-refractivity contribution in [3.63, 3.8) is 0 Å². The van der Waals surface area contributed by atoms with Crippen LogP contribution in [0.1, 0.15) is 25.7 Å². The first-order valence-corrected chi connectivity index (χ1v) is 13.5. The molecule has 2 heterocycles. The van der Waals surface area contributed by atoms with Gasteiger partial charge in [-0.05, 0) is 91.2 Å². The number of carbonyl (C=O) groups excluding carboxylic acids is 1. The normalized spacial score (nSPS) is 11.5. The van der Waals surface area contributed by atoms with E-state index in [1.54, 1.807) is 0 Å². The molecule has 0 saturated carbocycles. The molecule has 0 bridgehead atoms. The predicted octanol–water partition coefficient (Wildman–Crippen LogP) is 1.16. The van der Waals surface area contributed by atoms with Gasteiger partial charge in [-0.2, -0.15) is 4.57 Å². The fourth-order valence-corrected chi connectivity index (χ4v) is 4.80. The number of ether oxygens (including phenoxy) is 1. The number of para-hydroxylation sites is 1. The third-order valence-corrected chi connectivity index (χ3v) is 6.79. The fourth-order valence-electron chi connectivity index (χ4n) is 4.80. The first-order chi connectivity index (χ1) is 18.3. The highest BCUT2D eigenvalue weighted by molar-refractivity contribution is 6.11. The van der Waals surface area contributed by atoms with Crippen molar-refractivity contribution in [2.24, 2.45) is 7.05 Å². The number of unbranched alkanes of at least 4 members (excludes halogenated alkanes) is 2. The average Bonchev–Trinajstić information content (AvgIpc) is 3.27. The van der Waals surface area contributed by atoms with Gasteiger partial charge in [0.05, 0.1) is 16.5 Å². The van der Waals surface area contributed by atoms with Crippen molar-refractivity contribution in [1.29, 1.82) is 0 Å². The lowest BCUT2D eigenvalue weighted by molar-refractivity contribution is -0.616. The number of amides is 1. The summed E-state index contributed by atoms with van der Waals surface area (Å²) in [6.45, 7) is 3.62. The van der Waals surface area contributed by atoms with Crippen LogP contribution in [0.3, 0.4) is 0 Å². The maximum absolute atomic E-state index is 12.3. The number of anilines is 1. The number of nitrogens with zero attached hydrogens (tertiary/aromatic N) is 3. The van der Waals surface area contributed by atoms with Gasteiger partial charge in [0.1, 0.15) is 18.4 Å². The molecule has 0 saturated heterocycles. The topological polar surface area (TPSA) is 73.9 Å². The van der Waals surface area contributed by atoms with Gasteiger partial charge in [0.15, 0.2) is 6.61 Å². The molecule has 2 aromatic heterocycles. The van der Waals surface area contributed by atoms with Gasteiger partial charge in [0.2, 0.25) is 11.1 Å². The van der Waals surface area contributed by atoms with E-state index in [9.17, 15) is 4.79 Å². The van der Waals surface area contributed by atoms with Gasteiger partial charge in [-0.1, -0.05) is 12.1 Å². The van der Waals surface area contributed by atoms with E-state index in [1.165, 1.54) is 0 Å². The number of pyridine rings is 1. The molecule has 0 fully saturated rings. The van der Waals surface area contributed by atoms with E-state index in [-0.39, 0.29) is 36.5 Å². The van der Waals surface area contributed by atoms with Crippen molar-refractivity contribution >= 4 is 44.6 Å². The van der Waals surface area contributed by atoms with Gasteiger partial charge in [-0.25, -0.2) is 0 Å². The highest BCUT2D eigenvalue weighted by atomic mass is 127. The summed E-state index contributed by atoms with van der Waals surface area (Å²) in [5, 5.41) is 8.71. The Morgan fingerprint density at radius 3 is 2.33 bits per heavy atom. The summed E-state index contributed by atoms with van der Waals surface area (Å²) in [5.41, 5.74) is 4.77. The van der Waals surface area contributed by atoms with Gasteiger partial charge in [0, 0.05) is 19.2 Å². The summed E-state index contributed by atoms with van der Waals surface area (Å²) >= 11 is 0. The molecule has 0 atom stereocenters. The number of furan rings is 1. The van der Waals surface area contributed by atoms with Crippen molar-refractivity contribution in [2.45, 2.75) is 25.7 Å². The molecular weight excluding hydrogens is 605 g/mol. The van der Waals surface area contributed by atoms with Crippen molar-refractivity contribution < 1.29 is 42.5 Å². The van der Waals surface area contributed by atoms with Gasteiger partial charge < -0.3 is 53.6 Å². The Bertz CT molecular complexity index is 1390. The zero-order chi connectivity index (χ0) is 27.1. The molecule has 2 N–H and O–H groups in total. The van der Waals surface area contributed by atoms with E-state index in [1.807, 2.05) is 18.2 Å². The Kier molecular flexibility index (Phi) is 11.6. The SMILES string of the molecule is CN(C)CCCCNC(=O)COc1ccc2oc3c(NCCCCN(C)C)c4ccccc4[n+](C)c3c2c1.[I-]. The maximum Gasteiger partial charge on any atom is 0.261 e. The van der Waals surface area contributed by atoms with Crippen LogP contribution in [0.4, 0.5) is 5.69 Å². The Balaban J connectivity index is 0.00000420. The Morgan fingerprint density at radius 1 is 0.923 bits per heavy atom. The first kappa shape index (κ1) is 30.9. The molecule has 0 spiro atoms. The second-order valence-electron chi connectivity index (χ2n) is 10.5. The number of aromatic nitrogens is 1. The van der Waals surface area contributed by atoms with Crippen LogP contribution in [0, 0.1) is 0 Å². The summed E-state index contributed by atoms with van der Waals surface area (Å²) < 4.78 is 14.5. The zero-order valence-electron chi connectivity index (χ0n) is 23.8. The third-order valence-electron chi connectivity index (χ3n) is 6.79. The molecule has 4 aromatic rings. The van der Waals surface area contributed by atoms with E-state index >= 15 is 0 Å². The first-order valence-electron chi connectivity index (χ1n) is 13.5. The molecule has 4 rings (SSSR count). The second kappa shape index (κ2) is 14.7. The summed E-state index contributed by atoms with van der Waals surface area (Å²) in [5.74, 6) is 0.540. The molecule has 0 unspecified atom stereocenters. The van der Waals surface area contributed by atoms with Crippen molar-refractivity contribution in [1.82, 2.24) is 15.1 Å². The lowest BCUT2D eigenvalue weighted by atomic mass is 10.1. The number of hydrogen-bond acceptors (Lipinski definition) is 6. The monoisotopic (exact) mass is 647 g/mol. The molecule has 1 amide bonds. The summed E-state index contributed by atoms with van der Waals surface area (Å²) in [6, 6.07) is 14.2. The van der Waals surface area contributed by atoms with Crippen LogP contribution in [0.2, 0.25) is 0 Å². The minimum Gasteiger partial charge on any atom is -1.00 e. The average molecular weight is 648 g/mol. The smallest absolute Gasteiger partial charge is 0.261 e. The van der Waals surface area contributed by atoms with Crippen LogP contribution >= 0.6 is 0 Å². The van der Waals surface area contributed by atoms with Gasteiger partial charge in [-0.3, -0.25) is 4.79 Å². The summed E-state index contributed by atoms with van der Waals surface area (Å²) in [6.07, 6.45) is 4.21. The zero-order valence-corrected chi connectivity index (χ0v) is 26.0. The largest absolute Gasteiger partial charge is 1.00 e. The standard InChI is InChI=1S/C30H41N5O3.HI/c1-33(2)18-10-8-16-31-27(36)21-37-22-14-15-26-24(20-22)29-30(38-26)28(32-17-9-11-19-34(3)4)23-12-6-7-13-25(23)35(29)5;/h6-7,12-15,20H,8-11,16-19,21H2,1-5H3,(H,31,36);1H. The van der Waals surface area contributed by atoms with Crippen molar-refractivity contribution in [3.05, 3.63) is 42.5 Å². The van der Waals surface area contributed by atoms with E-state index in [2.05, 4.69) is 84.5 Å². The van der Waals surface area contributed by atoms with Crippen LogP contribution < -0.4 is 43.9 Å². The van der Waals surface area contributed by atoms with Gasteiger partial charge >= 0.3 is 0 Å².